The second-order valence-corrected chi connectivity index (χ2v) is 11.0. The van der Waals surface area contributed by atoms with Gasteiger partial charge >= 0.3 is 5.97 Å². The lowest BCUT2D eigenvalue weighted by Gasteiger charge is -2.32. The molecule has 3 atom stereocenters. The molecule has 4 rings (SSSR count). The van der Waals surface area contributed by atoms with Crippen molar-refractivity contribution in [2.75, 3.05) is 38.2 Å². The Hall–Kier alpha value is -2.62. The molecule has 2 amide bonds. The molecule has 37 heavy (non-hydrogen) atoms. The average molecular weight is 527 g/mol. The lowest BCUT2D eigenvalue weighted by Crippen LogP contribution is -2.51. The fraction of sp³-hybridized carbons (Fsp3) is 0.536. The number of likely N-dealkylation sites (tertiary alicyclic amines) is 1. The summed E-state index contributed by atoms with van der Waals surface area (Å²) >= 11 is 1.56. The van der Waals surface area contributed by atoms with Gasteiger partial charge in [0.2, 0.25) is 11.8 Å². The third-order valence-corrected chi connectivity index (χ3v) is 8.02. The molecule has 0 unspecified atom stereocenters. The Labute approximate surface area is 223 Å². The van der Waals surface area contributed by atoms with E-state index in [9.17, 15) is 19.5 Å². The van der Waals surface area contributed by atoms with E-state index in [1.54, 1.807) is 11.8 Å². The van der Waals surface area contributed by atoms with Gasteiger partial charge in [0.15, 0.2) is 0 Å². The maximum Gasteiger partial charge on any atom is 0.326 e. The van der Waals surface area contributed by atoms with Crippen LogP contribution in [0, 0.1) is 0 Å². The van der Waals surface area contributed by atoms with E-state index in [0.29, 0.717) is 25.3 Å². The topological polar surface area (TPSA) is 102 Å². The van der Waals surface area contributed by atoms with E-state index in [0.717, 1.165) is 55.1 Å². The molecule has 2 aromatic rings. The first-order chi connectivity index (χ1) is 18.0. The number of carboxylic acids is 1. The van der Waals surface area contributed by atoms with E-state index in [4.69, 9.17) is 0 Å². The number of benzene rings is 2. The van der Waals surface area contributed by atoms with Gasteiger partial charge in [0.1, 0.15) is 6.04 Å². The van der Waals surface area contributed by atoms with Crippen LogP contribution in [0.5, 0.6) is 0 Å². The van der Waals surface area contributed by atoms with Gasteiger partial charge in [0.25, 0.3) is 0 Å². The Kier molecular flexibility index (Phi) is 9.82. The maximum absolute atomic E-state index is 13.2. The number of aliphatic carboxylic acids is 1. The highest BCUT2D eigenvalue weighted by atomic mass is 32.2. The lowest BCUT2D eigenvalue weighted by atomic mass is 10.0. The summed E-state index contributed by atoms with van der Waals surface area (Å²) < 4.78 is 0. The van der Waals surface area contributed by atoms with Crippen LogP contribution in [-0.2, 0) is 20.9 Å². The Balaban J connectivity index is 1.51. The average Bonchev–Trinajstić information content (AvgIpc) is 3.59. The predicted octanol–water partition coefficient (Wildman–Crippen LogP) is 2.71. The van der Waals surface area contributed by atoms with E-state index >= 15 is 0 Å². The van der Waals surface area contributed by atoms with Crippen molar-refractivity contribution in [2.24, 2.45) is 0 Å². The third-order valence-electron chi connectivity index (χ3n) is 7.37. The molecular formula is C28H38N4O4S. The number of hydrogen-bond acceptors (Lipinski definition) is 6. The number of carboxylic acid groups (broad SMARTS) is 1. The lowest BCUT2D eigenvalue weighted by molar-refractivity contribution is -0.142. The van der Waals surface area contributed by atoms with E-state index in [2.05, 4.69) is 39.8 Å². The van der Waals surface area contributed by atoms with Crippen LogP contribution in [0.1, 0.15) is 37.7 Å². The zero-order valence-electron chi connectivity index (χ0n) is 21.5. The fourth-order valence-electron chi connectivity index (χ4n) is 5.50. The third kappa shape index (κ3) is 7.24. The minimum absolute atomic E-state index is 0.0319. The zero-order chi connectivity index (χ0) is 26.2. The van der Waals surface area contributed by atoms with Crippen molar-refractivity contribution < 1.29 is 19.5 Å². The Morgan fingerprint density at radius 2 is 1.97 bits per heavy atom. The number of carbonyl (C=O) groups is 3. The van der Waals surface area contributed by atoms with Crippen molar-refractivity contribution in [2.45, 2.75) is 56.8 Å². The molecule has 0 bridgehead atoms. The van der Waals surface area contributed by atoms with Crippen molar-refractivity contribution in [1.29, 1.82) is 0 Å². The normalized spacial score (nSPS) is 20.4. The van der Waals surface area contributed by atoms with Crippen molar-refractivity contribution >= 4 is 40.3 Å². The molecule has 200 valence electrons. The van der Waals surface area contributed by atoms with Gasteiger partial charge in [-0.15, -0.1) is 0 Å². The number of amides is 2. The number of fused-ring (bicyclic) bond motifs is 1. The molecule has 2 fully saturated rings. The first-order valence-corrected chi connectivity index (χ1v) is 14.6. The summed E-state index contributed by atoms with van der Waals surface area (Å²) in [6.07, 6.45) is 6.04. The molecule has 2 aliphatic heterocycles. The summed E-state index contributed by atoms with van der Waals surface area (Å²) in [6.45, 7) is 2.80. The van der Waals surface area contributed by atoms with Crippen LogP contribution in [0.3, 0.4) is 0 Å². The van der Waals surface area contributed by atoms with Crippen LogP contribution in [0.15, 0.2) is 42.5 Å². The van der Waals surface area contributed by atoms with Crippen LogP contribution in [-0.4, -0.2) is 89.0 Å². The van der Waals surface area contributed by atoms with Gasteiger partial charge in [0, 0.05) is 25.7 Å². The summed E-state index contributed by atoms with van der Waals surface area (Å²) in [5, 5.41) is 17.9. The number of thioether (sulfide) groups is 1. The van der Waals surface area contributed by atoms with Crippen molar-refractivity contribution in [3.63, 3.8) is 0 Å². The molecule has 8 nitrogen and oxygen atoms in total. The summed E-state index contributed by atoms with van der Waals surface area (Å²) in [7, 11) is 0. The minimum Gasteiger partial charge on any atom is -0.480 e. The summed E-state index contributed by atoms with van der Waals surface area (Å²) in [4.78, 5) is 42.1. The van der Waals surface area contributed by atoms with E-state index in [1.165, 1.54) is 0 Å². The molecule has 2 aliphatic rings. The molecule has 2 aromatic carbocycles. The molecular weight excluding hydrogens is 488 g/mol. The summed E-state index contributed by atoms with van der Waals surface area (Å²) in [5.74, 6) is -0.495. The number of rotatable bonds is 12. The summed E-state index contributed by atoms with van der Waals surface area (Å²) in [6, 6.07) is 13.4. The zero-order valence-corrected chi connectivity index (χ0v) is 22.3. The van der Waals surface area contributed by atoms with Crippen molar-refractivity contribution in [1.82, 2.24) is 20.4 Å². The van der Waals surface area contributed by atoms with E-state index < -0.39 is 12.0 Å². The molecule has 0 radical (unpaired) electrons. The molecule has 0 aliphatic carbocycles. The standard InChI is InChI=1S/C28H38N4O4S/c1-37-16-13-25(28(35)36)30-26(33)19-31(17-21-9-4-8-20-7-2-3-11-23(20)21)18-22-10-6-15-32(22)27(34)24-12-5-14-29-24/h2-4,7-9,11,22,24-25,29H,5-6,10,12-19H2,1H3,(H,30,33)(H,35,36)/t22-,24-,25-/m0/s1. The number of nitrogens with one attached hydrogen (secondary N) is 2. The highest BCUT2D eigenvalue weighted by molar-refractivity contribution is 7.98. The first kappa shape index (κ1) is 27.4. The van der Waals surface area contributed by atoms with E-state index in [-0.39, 0.29) is 30.4 Å². The molecule has 9 heteroatoms. The Morgan fingerprint density at radius 3 is 2.73 bits per heavy atom. The van der Waals surface area contributed by atoms with Crippen molar-refractivity contribution in [3.05, 3.63) is 48.0 Å². The van der Waals surface area contributed by atoms with Crippen LogP contribution in [0.2, 0.25) is 0 Å². The number of carbonyl (C=O) groups excluding carboxylic acids is 2. The summed E-state index contributed by atoms with van der Waals surface area (Å²) in [5.41, 5.74) is 1.11. The molecule has 2 heterocycles. The molecule has 3 N–H and O–H groups in total. The Bertz CT molecular complexity index is 1090. The highest BCUT2D eigenvalue weighted by Gasteiger charge is 2.35. The first-order valence-electron chi connectivity index (χ1n) is 13.2. The number of nitrogens with zero attached hydrogens (tertiary/aromatic N) is 2. The monoisotopic (exact) mass is 526 g/mol. The molecule has 0 aromatic heterocycles. The van der Waals surface area contributed by atoms with Crippen LogP contribution >= 0.6 is 11.8 Å². The fourth-order valence-corrected chi connectivity index (χ4v) is 5.97. The highest BCUT2D eigenvalue weighted by Crippen LogP contribution is 2.24. The predicted molar refractivity (Wildman–Crippen MR) is 148 cm³/mol. The van der Waals surface area contributed by atoms with Crippen LogP contribution < -0.4 is 10.6 Å². The van der Waals surface area contributed by atoms with Gasteiger partial charge in [-0.25, -0.2) is 4.79 Å². The quantitative estimate of drug-likeness (QED) is 0.391. The Morgan fingerprint density at radius 1 is 1.16 bits per heavy atom. The second-order valence-electron chi connectivity index (χ2n) is 10.0. The van der Waals surface area contributed by atoms with Gasteiger partial charge < -0.3 is 20.6 Å². The van der Waals surface area contributed by atoms with E-state index in [1.807, 2.05) is 29.4 Å². The maximum atomic E-state index is 13.2. The second kappa shape index (κ2) is 13.3. The molecule has 0 saturated carbocycles. The molecule has 0 spiro atoms. The van der Waals surface area contributed by atoms with Gasteiger partial charge in [-0.2, -0.15) is 11.8 Å². The van der Waals surface area contributed by atoms with Gasteiger partial charge in [0.05, 0.1) is 12.6 Å². The SMILES string of the molecule is CSCC[C@H](NC(=O)CN(Cc1cccc2ccccc12)C[C@@H]1CCCN1C(=O)[C@@H]1CCCN1)C(=O)O. The van der Waals surface area contributed by atoms with Crippen LogP contribution in [0.25, 0.3) is 10.8 Å². The van der Waals surface area contributed by atoms with Gasteiger partial charge in [-0.3, -0.25) is 14.5 Å². The largest absolute Gasteiger partial charge is 0.480 e. The van der Waals surface area contributed by atoms with Crippen LogP contribution in [0.4, 0.5) is 0 Å². The van der Waals surface area contributed by atoms with Crippen molar-refractivity contribution in [3.8, 4) is 0 Å². The minimum atomic E-state index is -1.01. The van der Waals surface area contributed by atoms with Gasteiger partial charge in [-0.05, 0) is 67.0 Å². The number of hydrogen-bond donors (Lipinski definition) is 3. The van der Waals surface area contributed by atoms with Gasteiger partial charge in [-0.1, -0.05) is 42.5 Å². The smallest absolute Gasteiger partial charge is 0.326 e. The molecule has 2 saturated heterocycles.